The summed E-state index contributed by atoms with van der Waals surface area (Å²) in [5.74, 6) is 0.832. The van der Waals surface area contributed by atoms with Crippen LogP contribution in [0.2, 0.25) is 0 Å². The van der Waals surface area contributed by atoms with E-state index in [0.29, 0.717) is 37.8 Å². The maximum atomic E-state index is 13.2. The highest BCUT2D eigenvalue weighted by atomic mass is 79.9. The van der Waals surface area contributed by atoms with Gasteiger partial charge in [-0.1, -0.05) is 34.4 Å². The van der Waals surface area contributed by atoms with E-state index in [0.717, 1.165) is 42.1 Å². The van der Waals surface area contributed by atoms with Crippen molar-refractivity contribution in [1.29, 1.82) is 0 Å². The first kappa shape index (κ1) is 24.4. The highest BCUT2D eigenvalue weighted by molar-refractivity contribution is 9.10. The number of carbonyl (C=O) groups excluding carboxylic acids is 2. The second-order valence-electron chi connectivity index (χ2n) is 7.97. The molecule has 0 spiro atoms. The summed E-state index contributed by atoms with van der Waals surface area (Å²) in [7, 11) is 1.59. The lowest BCUT2D eigenvalue weighted by Crippen LogP contribution is -2.46. The summed E-state index contributed by atoms with van der Waals surface area (Å²) in [5, 5.41) is 4.13. The number of rotatable bonds is 10. The number of ether oxygens (including phenoxy) is 1. The van der Waals surface area contributed by atoms with Crippen LogP contribution in [0.15, 0.2) is 33.3 Å². The molecule has 32 heavy (non-hydrogen) atoms. The zero-order chi connectivity index (χ0) is 22.9. The number of hydrogen-bond acceptors (Lipinski definition) is 6. The Kier molecular flexibility index (Phi) is 9.23. The van der Waals surface area contributed by atoms with Crippen LogP contribution in [-0.4, -0.2) is 65.1 Å². The largest absolute Gasteiger partial charge is 0.383 e. The first-order chi connectivity index (χ1) is 15.5. The van der Waals surface area contributed by atoms with E-state index >= 15 is 0 Å². The summed E-state index contributed by atoms with van der Waals surface area (Å²) in [6, 6.07) is 7.40. The van der Waals surface area contributed by atoms with Gasteiger partial charge < -0.3 is 19.1 Å². The number of carbonyl (C=O) groups is 2. The minimum absolute atomic E-state index is 0.0128. The fourth-order valence-corrected chi connectivity index (χ4v) is 4.07. The van der Waals surface area contributed by atoms with Crippen LogP contribution in [0.25, 0.3) is 11.4 Å². The van der Waals surface area contributed by atoms with Gasteiger partial charge in [-0.3, -0.25) is 9.59 Å². The maximum Gasteiger partial charge on any atom is 0.249 e. The predicted molar refractivity (Wildman–Crippen MR) is 124 cm³/mol. The molecular formula is C23H31BrN4O4. The summed E-state index contributed by atoms with van der Waals surface area (Å²) in [4.78, 5) is 33.8. The normalized spacial score (nSPS) is 16.2. The Balaban J connectivity index is 1.73. The van der Waals surface area contributed by atoms with Gasteiger partial charge in [-0.25, -0.2) is 0 Å². The number of amides is 2. The van der Waals surface area contributed by atoms with Crippen molar-refractivity contribution in [1.82, 2.24) is 19.9 Å². The van der Waals surface area contributed by atoms with Gasteiger partial charge in [0.2, 0.25) is 23.5 Å². The van der Waals surface area contributed by atoms with Crippen molar-refractivity contribution in [3.63, 3.8) is 0 Å². The molecule has 0 N–H and O–H groups in total. The van der Waals surface area contributed by atoms with Crippen LogP contribution in [0.4, 0.5) is 0 Å². The molecule has 1 fully saturated rings. The molecule has 2 amide bonds. The second kappa shape index (κ2) is 12.1. The highest BCUT2D eigenvalue weighted by Crippen LogP contribution is 2.31. The maximum absolute atomic E-state index is 13.2. The molecule has 1 aliphatic heterocycles. The third-order valence-corrected chi connectivity index (χ3v) is 6.17. The van der Waals surface area contributed by atoms with E-state index in [1.54, 1.807) is 16.9 Å². The summed E-state index contributed by atoms with van der Waals surface area (Å²) >= 11 is 3.42. The fraction of sp³-hybridized carbons (Fsp3) is 0.565. The molecule has 174 valence electrons. The van der Waals surface area contributed by atoms with Crippen molar-refractivity contribution in [2.75, 3.05) is 33.4 Å². The zero-order valence-electron chi connectivity index (χ0n) is 18.8. The third kappa shape index (κ3) is 6.38. The molecule has 1 aromatic carbocycles. The molecule has 1 saturated heterocycles. The lowest BCUT2D eigenvalue weighted by Gasteiger charge is -2.35. The topological polar surface area (TPSA) is 88.8 Å². The van der Waals surface area contributed by atoms with Gasteiger partial charge in [0, 0.05) is 36.7 Å². The Labute approximate surface area is 197 Å². The number of methoxy groups -OCH3 is 1. The molecule has 0 radical (unpaired) electrons. The van der Waals surface area contributed by atoms with Gasteiger partial charge in [0.05, 0.1) is 13.2 Å². The van der Waals surface area contributed by atoms with Gasteiger partial charge in [0.15, 0.2) is 0 Å². The van der Waals surface area contributed by atoms with E-state index in [4.69, 9.17) is 9.26 Å². The van der Waals surface area contributed by atoms with Gasteiger partial charge >= 0.3 is 0 Å². The SMILES string of the molecule is CCCCC(=O)N(CCOC)CC(=O)N1CCCCC1c1nc(-c2ccc(Br)cc2)no1. The summed E-state index contributed by atoms with van der Waals surface area (Å²) in [5.41, 5.74) is 0.851. The Bertz CT molecular complexity index is 886. The quantitative estimate of drug-likeness (QED) is 0.479. The molecular weight excluding hydrogens is 476 g/mol. The lowest BCUT2D eigenvalue weighted by molar-refractivity contribution is -0.143. The van der Waals surface area contributed by atoms with Crippen LogP contribution in [0.3, 0.4) is 0 Å². The smallest absolute Gasteiger partial charge is 0.249 e. The molecule has 2 heterocycles. The van der Waals surface area contributed by atoms with Crippen LogP contribution in [0, 0.1) is 0 Å². The molecule has 2 aromatic rings. The molecule has 3 rings (SSSR count). The average molecular weight is 507 g/mol. The van der Waals surface area contributed by atoms with Gasteiger partial charge in [-0.05, 0) is 49.9 Å². The van der Waals surface area contributed by atoms with Crippen LogP contribution < -0.4 is 0 Å². The van der Waals surface area contributed by atoms with Crippen molar-refractivity contribution in [3.8, 4) is 11.4 Å². The van der Waals surface area contributed by atoms with Crippen molar-refractivity contribution in [2.24, 2.45) is 0 Å². The molecule has 1 unspecified atom stereocenters. The van der Waals surface area contributed by atoms with E-state index in [-0.39, 0.29) is 24.4 Å². The zero-order valence-corrected chi connectivity index (χ0v) is 20.3. The molecule has 8 nitrogen and oxygen atoms in total. The molecule has 9 heteroatoms. The minimum atomic E-state index is -0.275. The monoisotopic (exact) mass is 506 g/mol. The number of hydrogen-bond donors (Lipinski definition) is 0. The summed E-state index contributed by atoms with van der Waals surface area (Å²) < 4.78 is 11.7. The van der Waals surface area contributed by atoms with E-state index in [2.05, 4.69) is 26.1 Å². The minimum Gasteiger partial charge on any atom is -0.383 e. The first-order valence-electron chi connectivity index (χ1n) is 11.2. The van der Waals surface area contributed by atoms with Gasteiger partial charge in [0.1, 0.15) is 6.04 Å². The number of nitrogens with zero attached hydrogens (tertiary/aromatic N) is 4. The molecule has 1 aliphatic rings. The van der Waals surface area contributed by atoms with Crippen molar-refractivity contribution in [3.05, 3.63) is 34.6 Å². The standard InChI is InChI=1S/C23H31BrN4O4/c1-3-4-8-20(29)27(14-15-31-2)16-21(30)28-13-6-5-7-19(28)23-25-22(26-32-23)17-9-11-18(24)12-10-17/h9-12,19H,3-8,13-16H2,1-2H3. The predicted octanol–water partition coefficient (Wildman–Crippen LogP) is 4.22. The number of aromatic nitrogens is 2. The van der Waals surface area contributed by atoms with Crippen LogP contribution in [-0.2, 0) is 14.3 Å². The van der Waals surface area contributed by atoms with Crippen LogP contribution >= 0.6 is 15.9 Å². The number of halogens is 1. The summed E-state index contributed by atoms with van der Waals surface area (Å²) in [6.07, 6.45) is 4.84. The Morgan fingerprint density at radius 1 is 1.28 bits per heavy atom. The lowest BCUT2D eigenvalue weighted by atomic mass is 10.0. The summed E-state index contributed by atoms with van der Waals surface area (Å²) in [6.45, 7) is 3.49. The van der Waals surface area contributed by atoms with Crippen molar-refractivity contribution in [2.45, 2.75) is 51.5 Å². The average Bonchev–Trinajstić information content (AvgIpc) is 3.30. The van der Waals surface area contributed by atoms with Crippen molar-refractivity contribution >= 4 is 27.7 Å². The van der Waals surface area contributed by atoms with Crippen molar-refractivity contribution < 1.29 is 18.8 Å². The van der Waals surface area contributed by atoms with Crippen LogP contribution in [0.1, 0.15) is 57.4 Å². The molecule has 0 saturated carbocycles. The molecule has 1 atom stereocenters. The Hall–Kier alpha value is -2.26. The van der Waals surface area contributed by atoms with Crippen LogP contribution in [0.5, 0.6) is 0 Å². The van der Waals surface area contributed by atoms with Gasteiger partial charge in [0.25, 0.3) is 0 Å². The molecule has 0 bridgehead atoms. The number of benzene rings is 1. The Morgan fingerprint density at radius 2 is 2.06 bits per heavy atom. The highest BCUT2D eigenvalue weighted by Gasteiger charge is 2.33. The molecule has 1 aromatic heterocycles. The van der Waals surface area contributed by atoms with Gasteiger partial charge in [-0.15, -0.1) is 0 Å². The van der Waals surface area contributed by atoms with E-state index in [1.807, 2.05) is 31.2 Å². The fourth-order valence-electron chi connectivity index (χ4n) is 3.81. The number of likely N-dealkylation sites (tertiary alicyclic amines) is 1. The van der Waals surface area contributed by atoms with E-state index < -0.39 is 0 Å². The Morgan fingerprint density at radius 3 is 2.78 bits per heavy atom. The molecule has 0 aliphatic carbocycles. The first-order valence-corrected chi connectivity index (χ1v) is 12.0. The second-order valence-corrected chi connectivity index (χ2v) is 8.89. The van der Waals surface area contributed by atoms with E-state index in [1.165, 1.54) is 0 Å². The number of piperidine rings is 1. The van der Waals surface area contributed by atoms with E-state index in [9.17, 15) is 9.59 Å². The number of unbranched alkanes of at least 4 members (excludes halogenated alkanes) is 1. The third-order valence-electron chi connectivity index (χ3n) is 5.64. The van der Waals surface area contributed by atoms with Gasteiger partial charge in [-0.2, -0.15) is 4.98 Å².